The van der Waals surface area contributed by atoms with E-state index in [0.29, 0.717) is 12.1 Å². The van der Waals surface area contributed by atoms with Crippen molar-refractivity contribution < 1.29 is 4.74 Å². The van der Waals surface area contributed by atoms with Gasteiger partial charge in [-0.2, -0.15) is 0 Å². The topological polar surface area (TPSA) is 21.3 Å². The van der Waals surface area contributed by atoms with Gasteiger partial charge < -0.3 is 10.1 Å². The lowest BCUT2D eigenvalue weighted by atomic mass is 9.96. The van der Waals surface area contributed by atoms with Gasteiger partial charge in [-0.15, -0.1) is 0 Å². The highest BCUT2D eigenvalue weighted by Gasteiger charge is 2.19. The van der Waals surface area contributed by atoms with Crippen LogP contribution in [0.3, 0.4) is 0 Å². The third-order valence-corrected chi connectivity index (χ3v) is 3.41. The SMILES string of the molecule is CCCNC(C)c1cccc(OC2CCC2)c1. The summed E-state index contributed by atoms with van der Waals surface area (Å²) in [6, 6.07) is 8.90. The number of rotatable bonds is 6. The zero-order valence-corrected chi connectivity index (χ0v) is 10.9. The molecule has 0 saturated heterocycles. The van der Waals surface area contributed by atoms with E-state index < -0.39 is 0 Å². The zero-order valence-electron chi connectivity index (χ0n) is 10.9. The third kappa shape index (κ3) is 3.47. The molecule has 0 aliphatic heterocycles. The number of ether oxygens (including phenoxy) is 1. The standard InChI is InChI=1S/C15H23NO/c1-3-10-16-12(2)13-6-4-9-15(11-13)17-14-7-5-8-14/h4,6,9,11-12,14,16H,3,5,7-8,10H2,1-2H3. The van der Waals surface area contributed by atoms with Gasteiger partial charge in [0.05, 0.1) is 6.10 Å². The van der Waals surface area contributed by atoms with E-state index in [1.807, 2.05) is 0 Å². The fourth-order valence-electron chi connectivity index (χ4n) is 2.02. The maximum absolute atomic E-state index is 5.92. The normalized spacial score (nSPS) is 17.5. The number of benzene rings is 1. The molecule has 2 nitrogen and oxygen atoms in total. The lowest BCUT2D eigenvalue weighted by Gasteiger charge is -2.26. The molecule has 17 heavy (non-hydrogen) atoms. The molecule has 1 atom stereocenters. The van der Waals surface area contributed by atoms with Crippen LogP contribution in [-0.4, -0.2) is 12.6 Å². The molecule has 0 spiro atoms. The zero-order chi connectivity index (χ0) is 12.1. The minimum absolute atomic E-state index is 0.403. The van der Waals surface area contributed by atoms with E-state index in [2.05, 4.69) is 43.4 Å². The molecule has 0 bridgehead atoms. The maximum atomic E-state index is 5.92. The predicted octanol–water partition coefficient (Wildman–Crippen LogP) is 3.68. The van der Waals surface area contributed by atoms with Gasteiger partial charge in [0.25, 0.3) is 0 Å². The van der Waals surface area contributed by atoms with Crippen LogP contribution in [-0.2, 0) is 0 Å². The van der Waals surface area contributed by atoms with Gasteiger partial charge in [-0.3, -0.25) is 0 Å². The summed E-state index contributed by atoms with van der Waals surface area (Å²) in [4.78, 5) is 0. The van der Waals surface area contributed by atoms with E-state index >= 15 is 0 Å². The molecular formula is C15H23NO. The van der Waals surface area contributed by atoms with Gasteiger partial charge in [0.1, 0.15) is 5.75 Å². The molecule has 1 N–H and O–H groups in total. The van der Waals surface area contributed by atoms with E-state index in [0.717, 1.165) is 12.3 Å². The Hall–Kier alpha value is -1.02. The lowest BCUT2D eigenvalue weighted by Crippen LogP contribution is -2.24. The Morgan fingerprint density at radius 3 is 2.88 bits per heavy atom. The fraction of sp³-hybridized carbons (Fsp3) is 0.600. The van der Waals surface area contributed by atoms with E-state index in [9.17, 15) is 0 Å². The summed E-state index contributed by atoms with van der Waals surface area (Å²) in [5.41, 5.74) is 1.32. The first-order valence-corrected chi connectivity index (χ1v) is 6.79. The van der Waals surface area contributed by atoms with E-state index in [-0.39, 0.29) is 0 Å². The number of hydrogen-bond acceptors (Lipinski definition) is 2. The van der Waals surface area contributed by atoms with Crippen LogP contribution in [0.1, 0.15) is 51.1 Å². The van der Waals surface area contributed by atoms with Crippen LogP contribution in [0.2, 0.25) is 0 Å². The average molecular weight is 233 g/mol. The summed E-state index contributed by atoms with van der Waals surface area (Å²) in [6.45, 7) is 5.46. The second-order valence-corrected chi connectivity index (χ2v) is 4.92. The molecule has 2 rings (SSSR count). The van der Waals surface area contributed by atoms with Gasteiger partial charge in [0, 0.05) is 6.04 Å². The minimum Gasteiger partial charge on any atom is -0.490 e. The Balaban J connectivity index is 1.94. The second kappa shape index (κ2) is 6.06. The van der Waals surface area contributed by atoms with Gasteiger partial charge >= 0.3 is 0 Å². The van der Waals surface area contributed by atoms with Crippen molar-refractivity contribution in [3.05, 3.63) is 29.8 Å². The molecule has 1 fully saturated rings. The smallest absolute Gasteiger partial charge is 0.120 e. The van der Waals surface area contributed by atoms with Crippen LogP contribution >= 0.6 is 0 Å². The minimum atomic E-state index is 0.403. The van der Waals surface area contributed by atoms with Crippen LogP contribution in [0, 0.1) is 0 Å². The molecule has 1 aliphatic carbocycles. The van der Waals surface area contributed by atoms with Crippen molar-refractivity contribution in [1.82, 2.24) is 5.32 Å². The first-order valence-electron chi connectivity index (χ1n) is 6.79. The Morgan fingerprint density at radius 2 is 2.24 bits per heavy atom. The average Bonchev–Trinajstić information content (AvgIpc) is 2.31. The summed E-state index contributed by atoms with van der Waals surface area (Å²) < 4.78 is 5.92. The molecule has 1 aromatic rings. The summed E-state index contributed by atoms with van der Waals surface area (Å²) in [6.07, 6.45) is 5.38. The monoisotopic (exact) mass is 233 g/mol. The molecule has 1 aromatic carbocycles. The molecule has 0 heterocycles. The first kappa shape index (κ1) is 12.4. The molecule has 1 unspecified atom stereocenters. The van der Waals surface area contributed by atoms with Gasteiger partial charge in [-0.05, 0) is 56.8 Å². The highest BCUT2D eigenvalue weighted by atomic mass is 16.5. The summed E-state index contributed by atoms with van der Waals surface area (Å²) in [7, 11) is 0. The Labute approximate surface area is 104 Å². The molecule has 94 valence electrons. The summed E-state index contributed by atoms with van der Waals surface area (Å²) in [5, 5.41) is 3.50. The number of hydrogen-bond donors (Lipinski definition) is 1. The predicted molar refractivity (Wildman–Crippen MR) is 71.4 cm³/mol. The summed E-state index contributed by atoms with van der Waals surface area (Å²) >= 11 is 0. The van der Waals surface area contributed by atoms with Crippen molar-refractivity contribution in [2.75, 3.05) is 6.54 Å². The Kier molecular flexibility index (Phi) is 4.43. The molecule has 1 aliphatic rings. The summed E-state index contributed by atoms with van der Waals surface area (Å²) in [5.74, 6) is 1.03. The van der Waals surface area contributed by atoms with Crippen LogP contribution in [0.15, 0.2) is 24.3 Å². The van der Waals surface area contributed by atoms with Crippen LogP contribution < -0.4 is 10.1 Å². The molecule has 2 heteroatoms. The fourth-order valence-corrected chi connectivity index (χ4v) is 2.02. The van der Waals surface area contributed by atoms with Gasteiger partial charge in [-0.25, -0.2) is 0 Å². The lowest BCUT2D eigenvalue weighted by molar-refractivity contribution is 0.120. The quantitative estimate of drug-likeness (QED) is 0.809. The van der Waals surface area contributed by atoms with Crippen molar-refractivity contribution in [3.8, 4) is 5.75 Å². The molecule has 1 saturated carbocycles. The largest absolute Gasteiger partial charge is 0.490 e. The molecular weight excluding hydrogens is 210 g/mol. The van der Waals surface area contributed by atoms with E-state index in [1.165, 1.54) is 31.2 Å². The van der Waals surface area contributed by atoms with Gasteiger partial charge in [0.2, 0.25) is 0 Å². The molecule has 0 aromatic heterocycles. The highest BCUT2D eigenvalue weighted by molar-refractivity contribution is 5.30. The van der Waals surface area contributed by atoms with Gasteiger partial charge in [0.15, 0.2) is 0 Å². The van der Waals surface area contributed by atoms with Crippen molar-refractivity contribution >= 4 is 0 Å². The Morgan fingerprint density at radius 1 is 1.41 bits per heavy atom. The van der Waals surface area contributed by atoms with Crippen molar-refractivity contribution in [1.29, 1.82) is 0 Å². The van der Waals surface area contributed by atoms with Gasteiger partial charge in [-0.1, -0.05) is 19.1 Å². The molecule has 0 radical (unpaired) electrons. The Bertz CT molecular complexity index is 347. The van der Waals surface area contributed by atoms with Crippen LogP contribution in [0.4, 0.5) is 0 Å². The number of nitrogens with one attached hydrogen (secondary N) is 1. The highest BCUT2D eigenvalue weighted by Crippen LogP contribution is 2.26. The molecule has 0 amide bonds. The first-order chi connectivity index (χ1) is 8.29. The van der Waals surface area contributed by atoms with E-state index in [4.69, 9.17) is 4.74 Å². The maximum Gasteiger partial charge on any atom is 0.120 e. The van der Waals surface area contributed by atoms with E-state index in [1.54, 1.807) is 0 Å². The van der Waals surface area contributed by atoms with Crippen LogP contribution in [0.25, 0.3) is 0 Å². The second-order valence-electron chi connectivity index (χ2n) is 4.92. The van der Waals surface area contributed by atoms with Crippen molar-refractivity contribution in [2.45, 2.75) is 51.7 Å². The van der Waals surface area contributed by atoms with Crippen molar-refractivity contribution in [3.63, 3.8) is 0 Å². The van der Waals surface area contributed by atoms with Crippen LogP contribution in [0.5, 0.6) is 5.75 Å². The van der Waals surface area contributed by atoms with Crippen molar-refractivity contribution in [2.24, 2.45) is 0 Å². The third-order valence-electron chi connectivity index (χ3n) is 3.41.